The molecule has 0 radical (unpaired) electrons. The average Bonchev–Trinajstić information content (AvgIpc) is 2.28. The number of hydrogen-bond donors (Lipinski definition) is 1. The normalized spacial score (nSPS) is 18.2. The van der Waals surface area contributed by atoms with Crippen molar-refractivity contribution in [3.8, 4) is 0 Å². The van der Waals surface area contributed by atoms with Crippen LogP contribution in [0.4, 0.5) is 0 Å². The zero-order valence-corrected chi connectivity index (χ0v) is 9.69. The Balaban J connectivity index is 2.54. The molecule has 1 saturated heterocycles. The first-order valence-corrected chi connectivity index (χ1v) is 5.63. The summed E-state index contributed by atoms with van der Waals surface area (Å²) in [5.74, 6) is 0.167. The van der Waals surface area contributed by atoms with Crippen molar-refractivity contribution < 1.29 is 4.79 Å². The Morgan fingerprint density at radius 2 is 2.14 bits per heavy atom. The van der Waals surface area contributed by atoms with E-state index in [1.807, 2.05) is 13.8 Å². The topological polar surface area (TPSA) is 32.3 Å². The quantitative estimate of drug-likeness (QED) is 0.674. The largest absolute Gasteiger partial charge is 0.360 e. The van der Waals surface area contributed by atoms with Crippen LogP contribution in [-0.4, -0.2) is 28.5 Å². The number of nitrogens with zero attached hydrogens (tertiary/aromatic N) is 1. The van der Waals surface area contributed by atoms with Gasteiger partial charge in [-0.15, -0.1) is 0 Å². The molecule has 4 heteroatoms. The molecule has 80 valence electrons. The first-order valence-electron chi connectivity index (χ1n) is 5.22. The van der Waals surface area contributed by atoms with Crippen LogP contribution in [0.2, 0.25) is 0 Å². The van der Waals surface area contributed by atoms with Crippen molar-refractivity contribution in [2.24, 2.45) is 0 Å². The Hall–Kier alpha value is -0.640. The summed E-state index contributed by atoms with van der Waals surface area (Å²) in [6, 6.07) is 0.290. The minimum Gasteiger partial charge on any atom is -0.360 e. The highest BCUT2D eigenvalue weighted by molar-refractivity contribution is 7.80. The molecule has 0 atom stereocenters. The van der Waals surface area contributed by atoms with Gasteiger partial charge in [0.2, 0.25) is 5.91 Å². The molecular formula is C10H18N2OS. The van der Waals surface area contributed by atoms with E-state index in [1.54, 1.807) is 4.90 Å². The van der Waals surface area contributed by atoms with Crippen LogP contribution in [0.25, 0.3) is 0 Å². The summed E-state index contributed by atoms with van der Waals surface area (Å²) in [5.41, 5.74) is 0. The van der Waals surface area contributed by atoms with Crippen LogP contribution in [0.15, 0.2) is 0 Å². The predicted molar refractivity (Wildman–Crippen MR) is 61.1 cm³/mol. The number of amides is 1. The van der Waals surface area contributed by atoms with Gasteiger partial charge in [0.25, 0.3) is 0 Å². The molecule has 0 spiro atoms. The van der Waals surface area contributed by atoms with E-state index >= 15 is 0 Å². The number of likely N-dealkylation sites (tertiary alicyclic amines) is 1. The average molecular weight is 214 g/mol. The number of rotatable bonds is 1. The van der Waals surface area contributed by atoms with Crippen LogP contribution < -0.4 is 5.32 Å². The van der Waals surface area contributed by atoms with Crippen molar-refractivity contribution in [3.63, 3.8) is 0 Å². The van der Waals surface area contributed by atoms with Gasteiger partial charge >= 0.3 is 0 Å². The molecule has 1 heterocycles. The fraction of sp³-hybridized carbons (Fsp3) is 0.800. The van der Waals surface area contributed by atoms with Gasteiger partial charge < -0.3 is 5.32 Å². The van der Waals surface area contributed by atoms with E-state index in [0.29, 0.717) is 17.6 Å². The second-order valence-corrected chi connectivity index (χ2v) is 4.35. The Morgan fingerprint density at radius 3 is 2.79 bits per heavy atom. The Bertz CT molecular complexity index is 228. The summed E-state index contributed by atoms with van der Waals surface area (Å²) in [6.45, 7) is 4.82. The van der Waals surface area contributed by atoms with Gasteiger partial charge in [0.15, 0.2) is 5.11 Å². The monoisotopic (exact) mass is 214 g/mol. The lowest BCUT2D eigenvalue weighted by atomic mass is 10.2. The summed E-state index contributed by atoms with van der Waals surface area (Å²) >= 11 is 5.18. The molecule has 0 unspecified atom stereocenters. The van der Waals surface area contributed by atoms with Crippen molar-refractivity contribution in [3.05, 3.63) is 0 Å². The maximum atomic E-state index is 11.6. The fourth-order valence-electron chi connectivity index (χ4n) is 1.52. The lowest BCUT2D eigenvalue weighted by Crippen LogP contribution is -2.45. The maximum absolute atomic E-state index is 11.6. The highest BCUT2D eigenvalue weighted by atomic mass is 32.1. The van der Waals surface area contributed by atoms with Crippen molar-refractivity contribution in [2.75, 3.05) is 6.54 Å². The molecule has 0 saturated carbocycles. The van der Waals surface area contributed by atoms with Gasteiger partial charge in [0, 0.05) is 19.0 Å². The standard InChI is InChI=1S/C10H18N2OS/c1-8(2)11-10(14)12-7-5-3-4-6-9(12)13/h8H,3-7H2,1-2H3,(H,11,14). The highest BCUT2D eigenvalue weighted by Gasteiger charge is 2.20. The van der Waals surface area contributed by atoms with Crippen LogP contribution in [0.1, 0.15) is 39.5 Å². The summed E-state index contributed by atoms with van der Waals surface area (Å²) in [5, 5.41) is 3.70. The van der Waals surface area contributed by atoms with E-state index in [2.05, 4.69) is 5.32 Å². The summed E-state index contributed by atoms with van der Waals surface area (Å²) in [4.78, 5) is 13.3. The van der Waals surface area contributed by atoms with Gasteiger partial charge in [0.1, 0.15) is 0 Å². The molecule has 14 heavy (non-hydrogen) atoms. The molecule has 1 aliphatic heterocycles. The van der Waals surface area contributed by atoms with Crippen molar-refractivity contribution in [1.82, 2.24) is 10.2 Å². The van der Waals surface area contributed by atoms with Gasteiger partial charge in [-0.1, -0.05) is 6.42 Å². The maximum Gasteiger partial charge on any atom is 0.228 e. The molecular weight excluding hydrogens is 196 g/mol. The van der Waals surface area contributed by atoms with Crippen LogP contribution in [0.5, 0.6) is 0 Å². The molecule has 0 aliphatic carbocycles. The lowest BCUT2D eigenvalue weighted by molar-refractivity contribution is -0.126. The SMILES string of the molecule is CC(C)NC(=S)N1CCCCCC1=O. The minimum absolute atomic E-state index is 0.167. The molecule has 3 nitrogen and oxygen atoms in total. The molecule has 1 aliphatic rings. The molecule has 1 amide bonds. The van der Waals surface area contributed by atoms with Crippen LogP contribution in [0.3, 0.4) is 0 Å². The number of carbonyl (C=O) groups excluding carboxylic acids is 1. The molecule has 1 N–H and O–H groups in total. The van der Waals surface area contributed by atoms with Crippen molar-refractivity contribution in [1.29, 1.82) is 0 Å². The van der Waals surface area contributed by atoms with E-state index in [9.17, 15) is 4.79 Å². The van der Waals surface area contributed by atoms with Gasteiger partial charge in [-0.2, -0.15) is 0 Å². The van der Waals surface area contributed by atoms with E-state index in [1.165, 1.54) is 0 Å². The second kappa shape index (κ2) is 5.29. The Kier molecular flexibility index (Phi) is 4.32. The van der Waals surface area contributed by atoms with Gasteiger partial charge in [-0.05, 0) is 38.9 Å². The lowest BCUT2D eigenvalue weighted by Gasteiger charge is -2.23. The third-order valence-electron chi connectivity index (χ3n) is 2.23. The Morgan fingerprint density at radius 1 is 1.43 bits per heavy atom. The smallest absolute Gasteiger partial charge is 0.228 e. The number of hydrogen-bond acceptors (Lipinski definition) is 2. The zero-order valence-electron chi connectivity index (χ0n) is 8.88. The molecule has 0 aromatic carbocycles. The van der Waals surface area contributed by atoms with E-state index < -0.39 is 0 Å². The third kappa shape index (κ3) is 3.25. The van der Waals surface area contributed by atoms with E-state index in [0.717, 1.165) is 25.8 Å². The number of thiocarbonyl (C=S) groups is 1. The molecule has 0 bridgehead atoms. The number of nitrogens with one attached hydrogen (secondary N) is 1. The minimum atomic E-state index is 0.167. The van der Waals surface area contributed by atoms with Crippen LogP contribution in [0, 0.1) is 0 Å². The fourth-order valence-corrected chi connectivity index (χ4v) is 1.95. The first-order chi connectivity index (χ1) is 6.61. The van der Waals surface area contributed by atoms with Crippen LogP contribution in [-0.2, 0) is 4.79 Å². The highest BCUT2D eigenvalue weighted by Crippen LogP contribution is 2.11. The molecule has 1 rings (SSSR count). The van der Waals surface area contributed by atoms with Crippen molar-refractivity contribution >= 4 is 23.2 Å². The van der Waals surface area contributed by atoms with Gasteiger partial charge in [-0.25, -0.2) is 0 Å². The number of carbonyl (C=O) groups is 1. The zero-order chi connectivity index (χ0) is 10.6. The summed E-state index contributed by atoms with van der Waals surface area (Å²) in [7, 11) is 0. The first kappa shape index (κ1) is 11.4. The molecule has 0 aromatic heterocycles. The second-order valence-electron chi connectivity index (χ2n) is 3.96. The molecule has 1 fully saturated rings. The van der Waals surface area contributed by atoms with Crippen molar-refractivity contribution in [2.45, 2.75) is 45.6 Å². The van der Waals surface area contributed by atoms with E-state index in [-0.39, 0.29) is 5.91 Å². The predicted octanol–water partition coefficient (Wildman–Crippen LogP) is 1.67. The molecule has 0 aromatic rings. The Labute approximate surface area is 90.8 Å². The van der Waals surface area contributed by atoms with Gasteiger partial charge in [-0.3, -0.25) is 9.69 Å². The van der Waals surface area contributed by atoms with Crippen LogP contribution >= 0.6 is 12.2 Å². The third-order valence-corrected chi connectivity index (χ3v) is 2.57. The van der Waals surface area contributed by atoms with E-state index in [4.69, 9.17) is 12.2 Å². The van der Waals surface area contributed by atoms with Gasteiger partial charge in [0.05, 0.1) is 0 Å². The summed E-state index contributed by atoms with van der Waals surface area (Å²) in [6.07, 6.45) is 3.83. The summed E-state index contributed by atoms with van der Waals surface area (Å²) < 4.78 is 0.